The third kappa shape index (κ3) is 3.23. The van der Waals surface area contributed by atoms with Gasteiger partial charge in [0.2, 0.25) is 10.0 Å². The van der Waals surface area contributed by atoms with Crippen molar-refractivity contribution < 1.29 is 18.0 Å². The van der Waals surface area contributed by atoms with Crippen LogP contribution in [-0.2, 0) is 14.8 Å². The molecule has 0 rings (SSSR count). The SMILES string of the molecule is CCS(=O)(=O)N([C]=O)C(=O)NSC. The second-order valence-electron chi connectivity index (χ2n) is 1.87. The number of amides is 3. The fourth-order valence-corrected chi connectivity index (χ4v) is 1.48. The number of hydrogen-bond acceptors (Lipinski definition) is 5. The Morgan fingerprint density at radius 1 is 1.62 bits per heavy atom. The van der Waals surface area contributed by atoms with Gasteiger partial charge in [0.1, 0.15) is 0 Å². The van der Waals surface area contributed by atoms with Crippen molar-refractivity contribution in [1.29, 1.82) is 0 Å². The Labute approximate surface area is 80.9 Å². The molecule has 0 atom stereocenters. The number of nitrogens with one attached hydrogen (secondary N) is 1. The number of sulfonamides is 1. The summed E-state index contributed by atoms with van der Waals surface area (Å²) in [6, 6.07) is -1.01. The zero-order valence-electron chi connectivity index (χ0n) is 7.10. The van der Waals surface area contributed by atoms with Crippen LogP contribution in [0.1, 0.15) is 6.92 Å². The van der Waals surface area contributed by atoms with Gasteiger partial charge < -0.3 is 0 Å². The smallest absolute Gasteiger partial charge is 0.281 e. The maximum atomic E-state index is 11.0. The van der Waals surface area contributed by atoms with Gasteiger partial charge in [0.25, 0.3) is 0 Å². The molecule has 0 aromatic rings. The Kier molecular flexibility index (Phi) is 4.78. The zero-order chi connectivity index (χ0) is 10.5. The van der Waals surface area contributed by atoms with Crippen LogP contribution in [0.2, 0.25) is 0 Å². The highest BCUT2D eigenvalue weighted by Gasteiger charge is 2.25. The highest BCUT2D eigenvalue weighted by Crippen LogP contribution is 2.00. The molecule has 0 spiro atoms. The minimum absolute atomic E-state index is 0.0174. The molecule has 3 amide bonds. The lowest BCUT2D eigenvalue weighted by Crippen LogP contribution is -2.41. The molecule has 0 aromatic heterocycles. The zero-order valence-corrected chi connectivity index (χ0v) is 8.74. The van der Waals surface area contributed by atoms with Crippen LogP contribution in [0.15, 0.2) is 0 Å². The normalized spacial score (nSPS) is 10.6. The standard InChI is InChI=1S/C5H9N2O4S2/c1-3-13(10,11)7(4-8)5(9)6-12-2/h3H2,1-2H3,(H,6,9). The van der Waals surface area contributed by atoms with Crippen molar-refractivity contribution >= 4 is 34.4 Å². The van der Waals surface area contributed by atoms with Crippen LogP contribution in [0, 0.1) is 0 Å². The van der Waals surface area contributed by atoms with E-state index in [1.165, 1.54) is 13.2 Å². The second-order valence-corrected chi connectivity index (χ2v) is 4.59. The summed E-state index contributed by atoms with van der Waals surface area (Å²) in [6.45, 7) is 1.33. The van der Waals surface area contributed by atoms with Gasteiger partial charge in [-0.25, -0.2) is 13.2 Å². The number of carbonyl (C=O) groups is 1. The van der Waals surface area contributed by atoms with Gasteiger partial charge in [-0.2, -0.15) is 0 Å². The Hall–Kier alpha value is -0.760. The summed E-state index contributed by atoms with van der Waals surface area (Å²) in [5.41, 5.74) is 0. The first-order valence-electron chi connectivity index (χ1n) is 3.23. The number of urea groups is 1. The summed E-state index contributed by atoms with van der Waals surface area (Å²) >= 11 is 0.895. The second kappa shape index (κ2) is 5.07. The lowest BCUT2D eigenvalue weighted by atomic mass is 11.0. The topological polar surface area (TPSA) is 83.6 Å². The molecule has 0 aliphatic carbocycles. The molecule has 0 saturated carbocycles. The average molecular weight is 225 g/mol. The van der Waals surface area contributed by atoms with E-state index in [-0.39, 0.29) is 10.1 Å². The molecule has 0 unspecified atom stereocenters. The molecule has 1 radical (unpaired) electrons. The van der Waals surface area contributed by atoms with Crippen LogP contribution < -0.4 is 4.72 Å². The van der Waals surface area contributed by atoms with Crippen molar-refractivity contribution in [2.24, 2.45) is 0 Å². The first-order chi connectivity index (χ1) is 5.99. The molecule has 0 saturated heterocycles. The lowest BCUT2D eigenvalue weighted by Gasteiger charge is -2.12. The van der Waals surface area contributed by atoms with E-state index >= 15 is 0 Å². The quantitative estimate of drug-likeness (QED) is 0.524. The predicted molar refractivity (Wildman–Crippen MR) is 49.0 cm³/mol. The van der Waals surface area contributed by atoms with E-state index in [2.05, 4.69) is 4.72 Å². The molecule has 0 bridgehead atoms. The molecule has 0 aliphatic rings. The summed E-state index contributed by atoms with van der Waals surface area (Å²) in [5, 5.41) is 0. The minimum atomic E-state index is -3.85. The van der Waals surface area contributed by atoms with E-state index in [9.17, 15) is 18.0 Å². The predicted octanol–water partition coefficient (Wildman–Crippen LogP) is -0.307. The minimum Gasteiger partial charge on any atom is -0.281 e. The van der Waals surface area contributed by atoms with Crippen LogP contribution in [0.3, 0.4) is 0 Å². The van der Waals surface area contributed by atoms with Gasteiger partial charge in [-0.1, -0.05) is 11.9 Å². The summed E-state index contributed by atoms with van der Waals surface area (Å²) in [4.78, 5) is 21.1. The lowest BCUT2D eigenvalue weighted by molar-refractivity contribution is 0.239. The van der Waals surface area contributed by atoms with Crippen molar-refractivity contribution in [1.82, 2.24) is 9.03 Å². The maximum Gasteiger partial charge on any atom is 0.348 e. The fraction of sp³-hybridized carbons (Fsp3) is 0.600. The Morgan fingerprint density at radius 2 is 2.15 bits per heavy atom. The van der Waals surface area contributed by atoms with Gasteiger partial charge in [-0.05, 0) is 6.92 Å². The monoisotopic (exact) mass is 225 g/mol. The Morgan fingerprint density at radius 3 is 2.46 bits per heavy atom. The van der Waals surface area contributed by atoms with E-state index < -0.39 is 16.1 Å². The Balaban J connectivity index is 4.71. The third-order valence-electron chi connectivity index (χ3n) is 1.10. The van der Waals surface area contributed by atoms with Gasteiger partial charge in [0, 0.05) is 6.26 Å². The third-order valence-corrected chi connectivity index (χ3v) is 3.00. The number of rotatable bonds is 4. The van der Waals surface area contributed by atoms with E-state index in [4.69, 9.17) is 0 Å². The molecule has 6 nitrogen and oxygen atoms in total. The van der Waals surface area contributed by atoms with Gasteiger partial charge in [-0.3, -0.25) is 9.52 Å². The summed E-state index contributed by atoms with van der Waals surface area (Å²) < 4.78 is 24.2. The number of carbonyl (C=O) groups excluding carboxylic acids is 2. The van der Waals surface area contributed by atoms with Crippen molar-refractivity contribution in [3.8, 4) is 0 Å². The Bertz CT molecular complexity index is 287. The number of hydrogen-bond donors (Lipinski definition) is 1. The van der Waals surface area contributed by atoms with Crippen molar-refractivity contribution in [2.45, 2.75) is 6.92 Å². The molecule has 13 heavy (non-hydrogen) atoms. The number of nitrogens with zero attached hydrogens (tertiary/aromatic N) is 1. The van der Waals surface area contributed by atoms with Crippen LogP contribution >= 0.6 is 11.9 Å². The molecule has 0 heterocycles. The first kappa shape index (κ1) is 12.2. The molecule has 0 fully saturated rings. The molecule has 75 valence electrons. The molecule has 0 aliphatic heterocycles. The highest BCUT2D eigenvalue weighted by atomic mass is 32.2. The van der Waals surface area contributed by atoms with E-state index in [1.807, 2.05) is 0 Å². The largest absolute Gasteiger partial charge is 0.348 e. The maximum absolute atomic E-state index is 11.0. The van der Waals surface area contributed by atoms with E-state index in [0.29, 0.717) is 0 Å². The van der Waals surface area contributed by atoms with Gasteiger partial charge >= 0.3 is 12.4 Å². The number of imide groups is 1. The fourth-order valence-electron chi connectivity index (χ4n) is 0.482. The van der Waals surface area contributed by atoms with Crippen molar-refractivity contribution in [3.05, 3.63) is 0 Å². The van der Waals surface area contributed by atoms with Crippen molar-refractivity contribution in [3.63, 3.8) is 0 Å². The van der Waals surface area contributed by atoms with Crippen LogP contribution in [-0.4, -0.2) is 37.2 Å². The molecular formula is C5H9N2O4S2. The van der Waals surface area contributed by atoms with Crippen LogP contribution in [0.4, 0.5) is 4.79 Å². The van der Waals surface area contributed by atoms with Crippen LogP contribution in [0.25, 0.3) is 0 Å². The molecule has 0 aromatic carbocycles. The highest BCUT2D eigenvalue weighted by molar-refractivity contribution is 7.97. The molecule has 1 N–H and O–H groups in total. The summed E-state index contributed by atoms with van der Waals surface area (Å²) in [5.74, 6) is -0.329. The molecule has 8 heteroatoms. The van der Waals surface area contributed by atoms with Gasteiger partial charge in [0.05, 0.1) is 5.75 Å². The van der Waals surface area contributed by atoms with E-state index in [0.717, 1.165) is 18.4 Å². The van der Waals surface area contributed by atoms with Gasteiger partial charge in [-0.15, -0.1) is 4.31 Å². The first-order valence-corrected chi connectivity index (χ1v) is 6.06. The van der Waals surface area contributed by atoms with Crippen LogP contribution in [0.5, 0.6) is 0 Å². The van der Waals surface area contributed by atoms with Crippen molar-refractivity contribution in [2.75, 3.05) is 12.0 Å². The average Bonchev–Trinajstić information content (AvgIpc) is 2.05. The van der Waals surface area contributed by atoms with E-state index in [1.54, 1.807) is 0 Å². The summed E-state index contributed by atoms with van der Waals surface area (Å²) in [6.07, 6.45) is 2.58. The van der Waals surface area contributed by atoms with Gasteiger partial charge in [0.15, 0.2) is 0 Å². The molecular weight excluding hydrogens is 216 g/mol. The summed E-state index contributed by atoms with van der Waals surface area (Å²) in [7, 11) is -3.85.